The first kappa shape index (κ1) is 26.6. The van der Waals surface area contributed by atoms with Crippen molar-refractivity contribution in [3.8, 4) is 5.75 Å². The predicted octanol–water partition coefficient (Wildman–Crippen LogP) is 2.97. The molecule has 1 aromatic carbocycles. The quantitative estimate of drug-likeness (QED) is 0.442. The van der Waals surface area contributed by atoms with E-state index in [2.05, 4.69) is 20.6 Å². The lowest BCUT2D eigenvalue weighted by atomic mass is 10.1. The van der Waals surface area contributed by atoms with E-state index in [1.165, 1.54) is 11.3 Å². The summed E-state index contributed by atoms with van der Waals surface area (Å²) in [6.07, 6.45) is 4.15. The molecular formula is C26H34N6O4S. The molecule has 10 nitrogen and oxygen atoms in total. The molecule has 4 rings (SSSR count). The minimum atomic E-state index is -0.709. The van der Waals surface area contributed by atoms with Gasteiger partial charge in [-0.1, -0.05) is 0 Å². The number of hydrogen-bond donors (Lipinski definition) is 2. The Balaban J connectivity index is 1.56. The molecule has 2 N–H and O–H groups in total. The first-order valence-electron chi connectivity index (χ1n) is 12.6. The number of rotatable bonds is 6. The van der Waals surface area contributed by atoms with Gasteiger partial charge in [-0.25, -0.2) is 9.98 Å². The lowest BCUT2D eigenvalue weighted by Gasteiger charge is -2.25. The zero-order valence-electron chi connectivity index (χ0n) is 21.6. The van der Waals surface area contributed by atoms with E-state index in [-0.39, 0.29) is 30.2 Å². The highest BCUT2D eigenvalue weighted by molar-refractivity contribution is 7.13. The molecule has 0 unspecified atom stereocenters. The highest BCUT2D eigenvalue weighted by Gasteiger charge is 2.30. The van der Waals surface area contributed by atoms with Crippen molar-refractivity contribution in [2.24, 2.45) is 4.99 Å². The van der Waals surface area contributed by atoms with Gasteiger partial charge in [-0.05, 0) is 70.2 Å². The molecule has 0 bridgehead atoms. The number of nitrogens with zero attached hydrogens (tertiary/aromatic N) is 4. The van der Waals surface area contributed by atoms with Gasteiger partial charge in [0.05, 0.1) is 24.4 Å². The monoisotopic (exact) mass is 526 g/mol. The second-order valence-corrected chi connectivity index (χ2v) is 10.5. The standard InChI is InChI=1S/C26H34N6O4S/c1-17-23(37-18(2)27-17)24(34)30-26(28-19-9-11-20(36-3)12-10-19)29-21-8-4-5-15-32(25(21)35)16-22(33)31-13-6-7-14-31/h9-12,21H,4-8,13-16H2,1-3H3,(H2,28,29,30,34)/t21-/m0/s1. The van der Waals surface area contributed by atoms with Crippen LogP contribution >= 0.6 is 11.3 Å². The number of methoxy groups -OCH3 is 1. The van der Waals surface area contributed by atoms with Crippen LogP contribution in [0.3, 0.4) is 0 Å². The van der Waals surface area contributed by atoms with Crippen molar-refractivity contribution in [1.29, 1.82) is 0 Å². The van der Waals surface area contributed by atoms with E-state index < -0.39 is 6.04 Å². The second kappa shape index (κ2) is 12.2. The van der Waals surface area contributed by atoms with Gasteiger partial charge in [0.25, 0.3) is 5.91 Å². The highest BCUT2D eigenvalue weighted by Crippen LogP contribution is 2.20. The maximum absolute atomic E-state index is 13.5. The largest absolute Gasteiger partial charge is 0.497 e. The summed E-state index contributed by atoms with van der Waals surface area (Å²) in [5, 5.41) is 6.79. The molecule has 0 spiro atoms. The van der Waals surface area contributed by atoms with Crippen molar-refractivity contribution >= 4 is 40.7 Å². The third-order valence-electron chi connectivity index (χ3n) is 6.52. The Morgan fingerprint density at radius 3 is 2.46 bits per heavy atom. The molecule has 0 aliphatic carbocycles. The average Bonchev–Trinajstić information content (AvgIpc) is 3.50. The summed E-state index contributed by atoms with van der Waals surface area (Å²) in [7, 11) is 1.59. The van der Waals surface area contributed by atoms with E-state index in [9.17, 15) is 14.4 Å². The maximum Gasteiger partial charge on any atom is 0.269 e. The van der Waals surface area contributed by atoms with Gasteiger partial charge in [0.1, 0.15) is 16.7 Å². The van der Waals surface area contributed by atoms with E-state index in [4.69, 9.17) is 4.74 Å². The molecule has 2 aromatic rings. The number of ether oxygens (including phenoxy) is 1. The molecule has 0 saturated carbocycles. The van der Waals surface area contributed by atoms with Crippen molar-refractivity contribution in [3.63, 3.8) is 0 Å². The normalized spacial score (nSPS) is 18.5. The van der Waals surface area contributed by atoms with Gasteiger partial charge in [0.15, 0.2) is 0 Å². The summed E-state index contributed by atoms with van der Waals surface area (Å²) >= 11 is 1.31. The minimum Gasteiger partial charge on any atom is -0.497 e. The number of benzene rings is 1. The van der Waals surface area contributed by atoms with Crippen LogP contribution in [0.5, 0.6) is 5.75 Å². The number of amides is 3. The van der Waals surface area contributed by atoms with Crippen LogP contribution in [0.1, 0.15) is 52.5 Å². The van der Waals surface area contributed by atoms with E-state index in [1.54, 1.807) is 43.2 Å². The molecule has 37 heavy (non-hydrogen) atoms. The van der Waals surface area contributed by atoms with Gasteiger partial charge >= 0.3 is 0 Å². The summed E-state index contributed by atoms with van der Waals surface area (Å²) in [5.41, 5.74) is 1.32. The molecule has 3 heterocycles. The third kappa shape index (κ3) is 6.85. The van der Waals surface area contributed by atoms with Crippen molar-refractivity contribution in [2.45, 2.75) is 52.0 Å². The van der Waals surface area contributed by atoms with Crippen LogP contribution in [-0.4, -0.2) is 77.8 Å². The van der Waals surface area contributed by atoms with Crippen LogP contribution in [0.2, 0.25) is 0 Å². The molecule has 1 atom stereocenters. The molecular weight excluding hydrogens is 492 g/mol. The topological polar surface area (TPSA) is 116 Å². The second-order valence-electron chi connectivity index (χ2n) is 9.29. The fraction of sp³-hybridized carbons (Fsp3) is 0.500. The molecule has 2 aliphatic rings. The predicted molar refractivity (Wildman–Crippen MR) is 143 cm³/mol. The Labute approximate surface area is 221 Å². The van der Waals surface area contributed by atoms with Crippen LogP contribution in [0.25, 0.3) is 0 Å². The summed E-state index contributed by atoms with van der Waals surface area (Å²) < 4.78 is 5.23. The zero-order chi connectivity index (χ0) is 26.4. The van der Waals surface area contributed by atoms with Crippen LogP contribution in [0.4, 0.5) is 5.69 Å². The summed E-state index contributed by atoms with van der Waals surface area (Å²) in [6.45, 7) is 5.73. The molecule has 11 heteroatoms. The van der Waals surface area contributed by atoms with Crippen molar-refractivity contribution < 1.29 is 19.1 Å². The fourth-order valence-electron chi connectivity index (χ4n) is 4.56. The first-order chi connectivity index (χ1) is 17.8. The van der Waals surface area contributed by atoms with Crippen LogP contribution in [0, 0.1) is 13.8 Å². The lowest BCUT2D eigenvalue weighted by molar-refractivity contribution is -0.140. The minimum absolute atomic E-state index is 0.0172. The number of carbonyl (C=O) groups is 3. The number of anilines is 1. The number of carbonyl (C=O) groups excluding carboxylic acids is 3. The van der Waals surface area contributed by atoms with Gasteiger partial charge in [-0.2, -0.15) is 0 Å². The number of aryl methyl sites for hydroxylation is 2. The molecule has 198 valence electrons. The van der Waals surface area contributed by atoms with Gasteiger partial charge in [0.2, 0.25) is 17.8 Å². The van der Waals surface area contributed by atoms with Crippen LogP contribution in [0.15, 0.2) is 29.3 Å². The first-order valence-corrected chi connectivity index (χ1v) is 13.5. The van der Waals surface area contributed by atoms with Crippen LogP contribution < -0.4 is 15.4 Å². The number of aromatic nitrogens is 1. The number of nitrogens with one attached hydrogen (secondary N) is 2. The highest BCUT2D eigenvalue weighted by atomic mass is 32.1. The third-order valence-corrected chi connectivity index (χ3v) is 7.59. The van der Waals surface area contributed by atoms with Crippen molar-refractivity contribution in [1.82, 2.24) is 20.1 Å². The molecule has 2 saturated heterocycles. The summed E-state index contributed by atoms with van der Waals surface area (Å²) in [4.78, 5) is 52.3. The Hall–Kier alpha value is -3.47. The Kier molecular flexibility index (Phi) is 8.75. The molecule has 2 fully saturated rings. The summed E-state index contributed by atoms with van der Waals surface area (Å²) in [6, 6.07) is 6.48. The van der Waals surface area contributed by atoms with E-state index in [0.717, 1.165) is 43.8 Å². The number of aliphatic imine (C=N–C) groups is 1. The smallest absolute Gasteiger partial charge is 0.269 e. The molecule has 1 aromatic heterocycles. The molecule has 2 aliphatic heterocycles. The molecule has 0 radical (unpaired) electrons. The fourth-order valence-corrected chi connectivity index (χ4v) is 5.38. The van der Waals surface area contributed by atoms with Gasteiger partial charge < -0.3 is 19.9 Å². The maximum atomic E-state index is 13.5. The van der Waals surface area contributed by atoms with Gasteiger partial charge in [-0.3, -0.25) is 19.7 Å². The van der Waals surface area contributed by atoms with Crippen molar-refractivity contribution in [3.05, 3.63) is 39.8 Å². The number of thiazole rings is 1. The number of guanidine groups is 1. The van der Waals surface area contributed by atoms with Crippen molar-refractivity contribution in [2.75, 3.05) is 38.6 Å². The SMILES string of the molecule is COc1ccc(NC(=N[C@H]2CCCCN(CC(=O)N3CCCC3)C2=O)NC(=O)c2sc(C)nc2C)cc1. The Morgan fingerprint density at radius 1 is 1.11 bits per heavy atom. The number of hydrogen-bond acceptors (Lipinski definition) is 7. The lowest BCUT2D eigenvalue weighted by Crippen LogP contribution is -2.45. The zero-order valence-corrected chi connectivity index (χ0v) is 22.4. The summed E-state index contributed by atoms with van der Waals surface area (Å²) in [5.74, 6) is 0.312. The van der Waals surface area contributed by atoms with E-state index in [1.807, 2.05) is 11.8 Å². The average molecular weight is 527 g/mol. The van der Waals surface area contributed by atoms with E-state index >= 15 is 0 Å². The molecule has 3 amide bonds. The van der Waals surface area contributed by atoms with Crippen LogP contribution in [-0.2, 0) is 9.59 Å². The number of likely N-dealkylation sites (tertiary alicyclic amines) is 2. The Morgan fingerprint density at radius 2 is 1.81 bits per heavy atom. The van der Waals surface area contributed by atoms with Gasteiger partial charge in [-0.15, -0.1) is 11.3 Å². The Bertz CT molecular complexity index is 1160. The van der Waals surface area contributed by atoms with E-state index in [0.29, 0.717) is 35.0 Å². The van der Waals surface area contributed by atoms with Gasteiger partial charge in [0, 0.05) is 25.3 Å².